The second-order valence-electron chi connectivity index (χ2n) is 17.9. The Morgan fingerprint density at radius 3 is 1.86 bits per heavy atom. The van der Waals surface area contributed by atoms with E-state index in [1.54, 1.807) is 0 Å². The van der Waals surface area contributed by atoms with Crippen molar-refractivity contribution in [2.75, 3.05) is 80.7 Å². The van der Waals surface area contributed by atoms with E-state index in [9.17, 15) is 0 Å². The van der Waals surface area contributed by atoms with Crippen molar-refractivity contribution in [1.82, 2.24) is 19.6 Å². The van der Waals surface area contributed by atoms with Crippen LogP contribution in [0.2, 0.25) is 0 Å². The molecule has 9 heteroatoms. The minimum atomic E-state index is 0.106. The highest BCUT2D eigenvalue weighted by molar-refractivity contribution is 5.67. The van der Waals surface area contributed by atoms with Crippen molar-refractivity contribution in [2.24, 2.45) is 11.8 Å². The van der Waals surface area contributed by atoms with Gasteiger partial charge in [0.05, 0.1) is 13.2 Å². The zero-order valence-electron chi connectivity index (χ0n) is 34.2. The summed E-state index contributed by atoms with van der Waals surface area (Å²) in [4.78, 5) is 9.78. The SMILES string of the molecule is CN1CCC(COc2ccc3cc2Oc2ccc(cc2)C[C@H]2c4c(cc(OCC5CCN(C)CC5)c5c4Oc4cc6c(cc4O5)CCN(C)[C@H]6C3)CCN2C)CC1. The molecule has 0 aliphatic carbocycles. The van der Waals surface area contributed by atoms with E-state index in [-0.39, 0.29) is 12.1 Å². The molecule has 2 fully saturated rings. The number of piperidine rings is 2. The minimum absolute atomic E-state index is 0.106. The molecule has 9 nitrogen and oxygen atoms in total. The third kappa shape index (κ3) is 7.48. The molecule has 0 radical (unpaired) electrons. The van der Waals surface area contributed by atoms with Gasteiger partial charge in [0.15, 0.2) is 34.5 Å². The zero-order chi connectivity index (χ0) is 38.6. The van der Waals surface area contributed by atoms with Crippen LogP contribution in [0, 0.1) is 11.8 Å². The highest BCUT2D eigenvalue weighted by Gasteiger charge is 2.37. The molecule has 2 atom stereocenters. The molecule has 4 aromatic rings. The molecule has 7 aliphatic rings. The third-order valence-electron chi connectivity index (χ3n) is 13.8. The largest absolute Gasteiger partial charge is 0.489 e. The van der Waals surface area contributed by atoms with Crippen molar-refractivity contribution in [3.8, 4) is 46.0 Å². The fourth-order valence-electron chi connectivity index (χ4n) is 9.99. The molecule has 0 N–H and O–H groups in total. The first-order valence-corrected chi connectivity index (χ1v) is 21.5. The monoisotopic (exact) mass is 770 g/mol. The molecule has 0 saturated carbocycles. The maximum Gasteiger partial charge on any atom is 0.212 e. The summed E-state index contributed by atoms with van der Waals surface area (Å²) in [6.07, 6.45) is 8.18. The number of ether oxygens (including phenoxy) is 5. The molecule has 7 aliphatic heterocycles. The van der Waals surface area contributed by atoms with Crippen molar-refractivity contribution in [3.05, 3.63) is 94.0 Å². The summed E-state index contributed by atoms with van der Waals surface area (Å²) in [7, 11) is 8.90. The molecule has 7 heterocycles. The number of benzene rings is 4. The molecule has 300 valence electrons. The Bertz CT molecular complexity index is 2110. The van der Waals surface area contributed by atoms with Gasteiger partial charge in [-0.3, -0.25) is 9.80 Å². The van der Waals surface area contributed by atoms with E-state index in [0.29, 0.717) is 25.0 Å². The topological polar surface area (TPSA) is 59.1 Å². The van der Waals surface area contributed by atoms with Crippen LogP contribution in [0.15, 0.2) is 60.7 Å². The van der Waals surface area contributed by atoms with Gasteiger partial charge in [-0.2, -0.15) is 0 Å². The van der Waals surface area contributed by atoms with Crippen LogP contribution < -0.4 is 23.7 Å². The second kappa shape index (κ2) is 15.5. The van der Waals surface area contributed by atoms with Crippen molar-refractivity contribution >= 4 is 0 Å². The van der Waals surface area contributed by atoms with E-state index in [1.165, 1.54) is 33.4 Å². The van der Waals surface area contributed by atoms with E-state index < -0.39 is 0 Å². The van der Waals surface area contributed by atoms with Gasteiger partial charge in [-0.25, -0.2) is 0 Å². The molecule has 0 spiro atoms. The lowest BCUT2D eigenvalue weighted by Gasteiger charge is -2.39. The van der Waals surface area contributed by atoms with E-state index in [4.69, 9.17) is 23.7 Å². The molecule has 0 amide bonds. The summed E-state index contributed by atoms with van der Waals surface area (Å²) in [6, 6.07) is 22.3. The van der Waals surface area contributed by atoms with Gasteiger partial charge in [0, 0.05) is 30.7 Å². The maximum atomic E-state index is 7.17. The fraction of sp³-hybridized carbons (Fsp3) is 0.500. The van der Waals surface area contributed by atoms with Gasteiger partial charge in [-0.05, 0) is 188 Å². The van der Waals surface area contributed by atoms with Gasteiger partial charge in [0.2, 0.25) is 5.75 Å². The third-order valence-corrected chi connectivity index (χ3v) is 13.8. The summed E-state index contributed by atoms with van der Waals surface area (Å²) in [5, 5.41) is 0. The van der Waals surface area contributed by atoms with Crippen LogP contribution in [0.4, 0.5) is 0 Å². The summed E-state index contributed by atoms with van der Waals surface area (Å²) < 4.78 is 34.2. The van der Waals surface area contributed by atoms with Crippen LogP contribution in [0.5, 0.6) is 46.0 Å². The predicted octanol–water partition coefficient (Wildman–Crippen LogP) is 8.67. The minimum Gasteiger partial charge on any atom is -0.489 e. The summed E-state index contributed by atoms with van der Waals surface area (Å²) in [5.74, 6) is 7.41. The van der Waals surface area contributed by atoms with Crippen LogP contribution in [0.3, 0.4) is 0 Å². The van der Waals surface area contributed by atoms with Gasteiger partial charge in [0.25, 0.3) is 0 Å². The lowest BCUT2D eigenvalue weighted by molar-refractivity contribution is 0.156. The number of fused-ring (bicyclic) bond motifs is 2. The van der Waals surface area contributed by atoms with Gasteiger partial charge < -0.3 is 33.5 Å². The quantitative estimate of drug-likeness (QED) is 0.169. The lowest BCUT2D eigenvalue weighted by Crippen LogP contribution is -2.34. The summed E-state index contributed by atoms with van der Waals surface area (Å²) in [5.41, 5.74) is 7.58. The van der Waals surface area contributed by atoms with Crippen LogP contribution in [0.1, 0.15) is 71.1 Å². The Kier molecular flexibility index (Phi) is 10.1. The number of hydrogen-bond acceptors (Lipinski definition) is 9. The van der Waals surface area contributed by atoms with Crippen molar-refractivity contribution < 1.29 is 23.7 Å². The first-order chi connectivity index (χ1) is 27.8. The predicted molar refractivity (Wildman–Crippen MR) is 223 cm³/mol. The second-order valence-corrected chi connectivity index (χ2v) is 17.9. The van der Waals surface area contributed by atoms with Crippen LogP contribution >= 0.6 is 0 Å². The first kappa shape index (κ1) is 37.0. The maximum absolute atomic E-state index is 7.17. The van der Waals surface area contributed by atoms with E-state index >= 15 is 0 Å². The molecule has 7 bridgehead atoms. The number of likely N-dealkylation sites (tertiary alicyclic amines) is 2. The Balaban J connectivity index is 1.04. The molecule has 57 heavy (non-hydrogen) atoms. The van der Waals surface area contributed by atoms with E-state index in [1.807, 2.05) is 0 Å². The Morgan fingerprint density at radius 1 is 0.544 bits per heavy atom. The molecule has 2 saturated heterocycles. The van der Waals surface area contributed by atoms with Crippen molar-refractivity contribution in [3.63, 3.8) is 0 Å². The standard InChI is InChI=1S/C48H58N4O5/c1-49-17-11-32(12-18-49)29-53-41-10-7-34-24-39-38-28-44-43(26-35(38)15-21-51(39)3)56-47-45(54-30-33-13-19-50(2)20-14-33)27-36-16-22-52(4)40(46(36)48(47)57-44)23-31-5-8-37(9-6-31)55-42(41)25-34/h5-10,25-28,32-33,39-40H,11-24,29-30H2,1-4H3/t39-,40-/m0/s1. The Morgan fingerprint density at radius 2 is 1.14 bits per heavy atom. The molecule has 4 aromatic carbocycles. The Labute approximate surface area is 338 Å². The van der Waals surface area contributed by atoms with Crippen LogP contribution in [-0.4, -0.2) is 100 Å². The van der Waals surface area contributed by atoms with E-state index in [0.717, 1.165) is 137 Å². The number of likely N-dealkylation sites (N-methyl/N-ethyl adjacent to an activating group) is 2. The summed E-state index contributed by atoms with van der Waals surface area (Å²) >= 11 is 0. The average Bonchev–Trinajstić information content (AvgIpc) is 3.22. The van der Waals surface area contributed by atoms with Gasteiger partial charge in [-0.15, -0.1) is 0 Å². The highest BCUT2D eigenvalue weighted by atomic mass is 16.6. The number of hydrogen-bond donors (Lipinski definition) is 0. The number of rotatable bonds is 6. The Hall–Kier alpha value is -4.28. The number of nitrogens with zero attached hydrogens (tertiary/aromatic N) is 4. The summed E-state index contributed by atoms with van der Waals surface area (Å²) in [6.45, 7) is 7.81. The fourth-order valence-corrected chi connectivity index (χ4v) is 9.99. The smallest absolute Gasteiger partial charge is 0.212 e. The molecule has 11 rings (SSSR count). The lowest BCUT2D eigenvalue weighted by atomic mass is 9.86. The van der Waals surface area contributed by atoms with Gasteiger partial charge in [0.1, 0.15) is 5.75 Å². The van der Waals surface area contributed by atoms with Crippen molar-refractivity contribution in [1.29, 1.82) is 0 Å². The molecule has 0 unspecified atom stereocenters. The molecular formula is C48H58N4O5. The van der Waals surface area contributed by atoms with Crippen LogP contribution in [-0.2, 0) is 25.7 Å². The molecule has 0 aromatic heterocycles. The normalized spacial score (nSPS) is 22.9. The first-order valence-electron chi connectivity index (χ1n) is 21.5. The zero-order valence-corrected chi connectivity index (χ0v) is 34.2. The van der Waals surface area contributed by atoms with Gasteiger partial charge in [-0.1, -0.05) is 18.2 Å². The van der Waals surface area contributed by atoms with E-state index in [2.05, 4.69) is 108 Å². The highest BCUT2D eigenvalue weighted by Crippen LogP contribution is 2.57. The molecular weight excluding hydrogens is 713 g/mol. The van der Waals surface area contributed by atoms with Crippen molar-refractivity contribution in [2.45, 2.75) is 63.5 Å². The van der Waals surface area contributed by atoms with Gasteiger partial charge >= 0.3 is 0 Å². The average molecular weight is 771 g/mol. The van der Waals surface area contributed by atoms with Crippen LogP contribution in [0.25, 0.3) is 0 Å².